The molecule has 1 atom stereocenters. The van der Waals surface area contributed by atoms with Crippen LogP contribution in [0.5, 0.6) is 0 Å². The number of halogens is 1. The summed E-state index contributed by atoms with van der Waals surface area (Å²) in [4.78, 5) is 33.0. The molecule has 1 aliphatic carbocycles. The van der Waals surface area contributed by atoms with E-state index in [9.17, 15) is 14.9 Å². The van der Waals surface area contributed by atoms with E-state index in [1.54, 1.807) is 42.3 Å². The van der Waals surface area contributed by atoms with E-state index in [4.69, 9.17) is 25.9 Å². The molecular weight excluding hydrogens is 446 g/mol. The van der Waals surface area contributed by atoms with Gasteiger partial charge in [0, 0.05) is 18.1 Å². The van der Waals surface area contributed by atoms with Crippen molar-refractivity contribution in [2.24, 2.45) is 5.92 Å². The summed E-state index contributed by atoms with van der Waals surface area (Å²) in [6.07, 6.45) is 6.98. The largest absolute Gasteiger partial charge is 0.448 e. The van der Waals surface area contributed by atoms with Crippen molar-refractivity contribution < 1.29 is 23.9 Å². The van der Waals surface area contributed by atoms with Crippen molar-refractivity contribution in [2.75, 3.05) is 26.3 Å². The number of hydrogen-bond donors (Lipinski definition) is 0. The van der Waals surface area contributed by atoms with E-state index >= 15 is 0 Å². The topological polar surface area (TPSA) is 92.1 Å². The van der Waals surface area contributed by atoms with Gasteiger partial charge < -0.3 is 14.4 Å². The summed E-state index contributed by atoms with van der Waals surface area (Å²) in [5, 5.41) is 10.5. The summed E-state index contributed by atoms with van der Waals surface area (Å²) >= 11 is 6.13. The van der Waals surface area contributed by atoms with E-state index in [0.717, 1.165) is 25.7 Å². The molecule has 1 aromatic carbocycles. The zero-order chi connectivity index (χ0) is 23.7. The lowest BCUT2D eigenvalue weighted by Crippen LogP contribution is -2.47. The van der Waals surface area contributed by atoms with Crippen LogP contribution in [0, 0.1) is 17.4 Å². The zero-order valence-corrected chi connectivity index (χ0v) is 19.9. The first kappa shape index (κ1) is 25.3. The molecule has 8 nitrogen and oxygen atoms in total. The second-order valence-corrected chi connectivity index (χ2v) is 9.36. The fourth-order valence-electron chi connectivity index (χ4n) is 4.52. The Balaban J connectivity index is 1.67. The molecule has 0 aromatic heterocycles. The summed E-state index contributed by atoms with van der Waals surface area (Å²) in [6.45, 7) is 3.77. The van der Waals surface area contributed by atoms with E-state index in [1.807, 2.05) is 0 Å². The Kier molecular flexibility index (Phi) is 9.36. The lowest BCUT2D eigenvalue weighted by atomic mass is 9.80. The van der Waals surface area contributed by atoms with Gasteiger partial charge in [-0.15, -0.1) is 0 Å². The van der Waals surface area contributed by atoms with Gasteiger partial charge in [0.15, 0.2) is 0 Å². The Hall–Kier alpha value is -2.34. The number of ether oxygens (including phenoxy) is 2. The molecule has 33 heavy (non-hydrogen) atoms. The number of nitrogens with zero attached hydrogens (tertiary/aromatic N) is 3. The van der Waals surface area contributed by atoms with Crippen LogP contribution in [0.3, 0.4) is 0 Å². The van der Waals surface area contributed by atoms with E-state index in [-0.39, 0.29) is 18.9 Å². The lowest BCUT2D eigenvalue weighted by molar-refractivity contribution is -0.147. The van der Waals surface area contributed by atoms with Gasteiger partial charge in [-0.1, -0.05) is 67.0 Å². The van der Waals surface area contributed by atoms with Crippen LogP contribution < -0.4 is 0 Å². The van der Waals surface area contributed by atoms with Gasteiger partial charge in [0.05, 0.1) is 19.6 Å². The Morgan fingerprint density at radius 3 is 2.61 bits per heavy atom. The van der Waals surface area contributed by atoms with Crippen LogP contribution in [-0.2, 0) is 25.7 Å². The number of amides is 2. The molecule has 9 heteroatoms. The smallest absolute Gasteiger partial charge is 0.440 e. The minimum atomic E-state index is -1.04. The molecule has 3 rings (SSSR count). The highest BCUT2D eigenvalue weighted by atomic mass is 35.5. The molecule has 1 aromatic rings. The highest BCUT2D eigenvalue weighted by Crippen LogP contribution is 2.35. The Morgan fingerprint density at radius 1 is 1.24 bits per heavy atom. The Labute approximate surface area is 200 Å². The zero-order valence-electron chi connectivity index (χ0n) is 19.1. The standard InChI is InChI=1S/C24H32ClN3O5/c1-24(15-19-7-3-2-4-8-19,16-22(29)27-11-13-31-14-12-27)33-23(30)28(18-26)32-17-20-9-5-6-10-21(20)25/h5-6,9-10,19H,2-4,7-8,11-17H2,1H3. The van der Waals surface area contributed by atoms with Gasteiger partial charge in [-0.3, -0.25) is 4.79 Å². The molecule has 1 saturated heterocycles. The van der Waals surface area contributed by atoms with Crippen molar-refractivity contribution >= 4 is 23.6 Å². The lowest BCUT2D eigenvalue weighted by Gasteiger charge is -2.36. The fourth-order valence-corrected chi connectivity index (χ4v) is 4.71. The van der Waals surface area contributed by atoms with Gasteiger partial charge >= 0.3 is 6.09 Å². The predicted octanol–water partition coefficient (Wildman–Crippen LogP) is 4.67. The Bertz CT molecular complexity index is 849. The molecule has 1 aliphatic heterocycles. The first-order valence-corrected chi connectivity index (χ1v) is 11.9. The minimum absolute atomic E-state index is 0.0546. The molecule has 2 aliphatic rings. The number of carbonyl (C=O) groups excluding carboxylic acids is 2. The van der Waals surface area contributed by atoms with Crippen LogP contribution in [-0.4, -0.2) is 53.9 Å². The van der Waals surface area contributed by atoms with Crippen molar-refractivity contribution in [3.05, 3.63) is 34.9 Å². The van der Waals surface area contributed by atoms with Crippen LogP contribution in [0.4, 0.5) is 4.79 Å². The number of hydrogen-bond acceptors (Lipinski definition) is 6. The van der Waals surface area contributed by atoms with E-state index in [0.29, 0.717) is 54.3 Å². The van der Waals surface area contributed by atoms with Crippen LogP contribution in [0.15, 0.2) is 24.3 Å². The molecule has 0 spiro atoms. The number of rotatable bonds is 8. The third-order valence-corrected chi connectivity index (χ3v) is 6.60. The monoisotopic (exact) mass is 477 g/mol. The molecule has 0 N–H and O–H groups in total. The van der Waals surface area contributed by atoms with Gasteiger partial charge in [0.2, 0.25) is 12.1 Å². The molecule has 1 unspecified atom stereocenters. The van der Waals surface area contributed by atoms with Crippen molar-refractivity contribution in [1.82, 2.24) is 9.96 Å². The first-order valence-electron chi connectivity index (χ1n) is 11.5. The maximum atomic E-state index is 13.0. The van der Waals surface area contributed by atoms with E-state index in [1.165, 1.54) is 6.42 Å². The predicted molar refractivity (Wildman–Crippen MR) is 122 cm³/mol. The quantitative estimate of drug-likeness (QED) is 0.307. The number of morpholine rings is 1. The first-order chi connectivity index (χ1) is 15.9. The normalized spacial score (nSPS) is 18.8. The van der Waals surface area contributed by atoms with Gasteiger partial charge in [0.25, 0.3) is 0 Å². The van der Waals surface area contributed by atoms with E-state index < -0.39 is 11.7 Å². The molecule has 2 fully saturated rings. The third kappa shape index (κ3) is 7.60. The SMILES string of the molecule is CC(CC(=O)N1CCOCC1)(CC1CCCCC1)OC(=O)N(C#N)OCc1ccccc1Cl. The van der Waals surface area contributed by atoms with Crippen LogP contribution in [0.25, 0.3) is 0 Å². The second kappa shape index (κ2) is 12.2. The van der Waals surface area contributed by atoms with Crippen LogP contribution in [0.2, 0.25) is 5.02 Å². The van der Waals surface area contributed by atoms with Gasteiger partial charge in [-0.25, -0.2) is 9.63 Å². The van der Waals surface area contributed by atoms with Crippen LogP contribution in [0.1, 0.15) is 57.4 Å². The Morgan fingerprint density at radius 2 is 1.94 bits per heavy atom. The molecule has 0 bridgehead atoms. The van der Waals surface area contributed by atoms with Crippen molar-refractivity contribution in [3.8, 4) is 6.19 Å². The average molecular weight is 478 g/mol. The maximum Gasteiger partial charge on any atom is 0.448 e. The summed E-state index contributed by atoms with van der Waals surface area (Å²) in [6, 6.07) is 7.02. The van der Waals surface area contributed by atoms with E-state index in [2.05, 4.69) is 0 Å². The summed E-state index contributed by atoms with van der Waals surface area (Å²) in [7, 11) is 0. The molecule has 2 amide bonds. The second-order valence-electron chi connectivity index (χ2n) is 8.96. The molecule has 0 radical (unpaired) electrons. The summed E-state index contributed by atoms with van der Waals surface area (Å²) in [5.41, 5.74) is -0.406. The number of nitriles is 1. The van der Waals surface area contributed by atoms with Crippen molar-refractivity contribution in [2.45, 2.75) is 64.1 Å². The van der Waals surface area contributed by atoms with Crippen LogP contribution >= 0.6 is 11.6 Å². The minimum Gasteiger partial charge on any atom is -0.440 e. The molecule has 1 heterocycles. The van der Waals surface area contributed by atoms with Gasteiger partial charge in [-0.05, 0) is 30.9 Å². The van der Waals surface area contributed by atoms with Gasteiger partial charge in [-0.2, -0.15) is 5.26 Å². The van der Waals surface area contributed by atoms with Crippen molar-refractivity contribution in [1.29, 1.82) is 5.26 Å². The highest BCUT2D eigenvalue weighted by Gasteiger charge is 2.38. The summed E-state index contributed by atoms with van der Waals surface area (Å²) in [5.74, 6) is 0.290. The van der Waals surface area contributed by atoms with Gasteiger partial charge in [0.1, 0.15) is 12.2 Å². The molecule has 180 valence electrons. The maximum absolute atomic E-state index is 13.0. The van der Waals surface area contributed by atoms with Crippen molar-refractivity contribution in [3.63, 3.8) is 0 Å². The molecule has 1 saturated carbocycles. The average Bonchev–Trinajstić information content (AvgIpc) is 2.81. The number of benzene rings is 1. The highest BCUT2D eigenvalue weighted by molar-refractivity contribution is 6.31. The fraction of sp³-hybridized carbons (Fsp3) is 0.625. The number of carbonyl (C=O) groups is 2. The molecular formula is C24H32ClN3O5. The number of hydroxylamine groups is 2. The summed E-state index contributed by atoms with van der Waals surface area (Å²) < 4.78 is 11.1. The third-order valence-electron chi connectivity index (χ3n) is 6.23.